The number of nitrogens with zero attached hydrogens (tertiary/aromatic N) is 3. The fraction of sp³-hybridized carbons (Fsp3) is 0.708. The van der Waals surface area contributed by atoms with Crippen molar-refractivity contribution in [3.8, 4) is 0 Å². The smallest absolute Gasteiger partial charge is 0.234 e. The van der Waals surface area contributed by atoms with Crippen LogP contribution < -0.4 is 10.2 Å². The minimum Gasteiger partial charge on any atom is -0.379 e. The first-order chi connectivity index (χ1) is 14.6. The summed E-state index contributed by atoms with van der Waals surface area (Å²) in [5.41, 5.74) is 2.73. The van der Waals surface area contributed by atoms with Crippen LogP contribution >= 0.6 is 0 Å². The van der Waals surface area contributed by atoms with Crippen molar-refractivity contribution in [1.82, 2.24) is 15.1 Å². The Morgan fingerprint density at radius 2 is 1.77 bits per heavy atom. The van der Waals surface area contributed by atoms with E-state index in [1.165, 1.54) is 43.4 Å². The van der Waals surface area contributed by atoms with E-state index in [-0.39, 0.29) is 11.4 Å². The van der Waals surface area contributed by atoms with Gasteiger partial charge in [0.05, 0.1) is 19.8 Å². The van der Waals surface area contributed by atoms with Crippen LogP contribution in [-0.2, 0) is 9.53 Å². The molecule has 6 nitrogen and oxygen atoms in total. The fourth-order valence-corrected chi connectivity index (χ4v) is 5.36. The lowest BCUT2D eigenvalue weighted by atomic mass is 9.79. The molecule has 3 aliphatic rings. The lowest BCUT2D eigenvalue weighted by Gasteiger charge is -2.48. The van der Waals surface area contributed by atoms with Gasteiger partial charge in [0, 0.05) is 57.0 Å². The van der Waals surface area contributed by atoms with Gasteiger partial charge in [-0.25, -0.2) is 0 Å². The molecule has 0 atom stereocenters. The van der Waals surface area contributed by atoms with E-state index in [2.05, 4.69) is 51.2 Å². The molecular formula is C24H38N4O2. The minimum atomic E-state index is 0.140. The molecule has 1 aromatic rings. The highest BCUT2D eigenvalue weighted by Gasteiger charge is 2.38. The van der Waals surface area contributed by atoms with Crippen molar-refractivity contribution in [3.05, 3.63) is 29.8 Å². The van der Waals surface area contributed by atoms with Gasteiger partial charge in [-0.2, -0.15) is 0 Å². The number of rotatable bonds is 6. The predicted molar refractivity (Wildman–Crippen MR) is 121 cm³/mol. The van der Waals surface area contributed by atoms with Gasteiger partial charge in [0.25, 0.3) is 0 Å². The lowest BCUT2D eigenvalue weighted by molar-refractivity contribution is -0.123. The van der Waals surface area contributed by atoms with Crippen molar-refractivity contribution < 1.29 is 9.53 Å². The Hall–Kier alpha value is -1.63. The Morgan fingerprint density at radius 3 is 2.47 bits per heavy atom. The largest absolute Gasteiger partial charge is 0.379 e. The van der Waals surface area contributed by atoms with Gasteiger partial charge < -0.3 is 15.0 Å². The zero-order chi connectivity index (χ0) is 20.8. The number of ether oxygens (including phenoxy) is 1. The molecule has 2 saturated heterocycles. The molecule has 1 aromatic carbocycles. The monoisotopic (exact) mass is 414 g/mol. The van der Waals surface area contributed by atoms with Gasteiger partial charge in [0.1, 0.15) is 0 Å². The summed E-state index contributed by atoms with van der Waals surface area (Å²) < 4.78 is 5.57. The minimum absolute atomic E-state index is 0.140. The summed E-state index contributed by atoms with van der Waals surface area (Å²) >= 11 is 0. The highest BCUT2D eigenvalue weighted by molar-refractivity contribution is 5.78. The molecule has 0 bridgehead atoms. The summed E-state index contributed by atoms with van der Waals surface area (Å²) in [6, 6.07) is 8.70. The first-order valence-electron chi connectivity index (χ1n) is 11.8. The average molecular weight is 415 g/mol. The third-order valence-corrected chi connectivity index (χ3v) is 7.19. The quantitative estimate of drug-likeness (QED) is 0.774. The van der Waals surface area contributed by atoms with Crippen LogP contribution in [0, 0.1) is 6.92 Å². The van der Waals surface area contributed by atoms with Crippen LogP contribution in [0.5, 0.6) is 0 Å². The Bertz CT molecular complexity index is 690. The van der Waals surface area contributed by atoms with Crippen LogP contribution in [0.4, 0.5) is 5.69 Å². The standard InChI is InChI=1S/C24H38N4O2/c1-21-6-5-7-22(18-21)27-12-10-26(11-13-27)19-23(29)25-20-24(8-3-2-4-9-24)28-14-16-30-17-15-28/h5-7,18H,2-4,8-17,19-20H2,1H3,(H,25,29). The highest BCUT2D eigenvalue weighted by atomic mass is 16.5. The van der Waals surface area contributed by atoms with Gasteiger partial charge in [-0.05, 0) is 37.5 Å². The van der Waals surface area contributed by atoms with E-state index in [1.54, 1.807) is 0 Å². The maximum absolute atomic E-state index is 12.8. The molecule has 1 aliphatic carbocycles. The maximum atomic E-state index is 12.8. The second-order valence-corrected chi connectivity index (χ2v) is 9.26. The van der Waals surface area contributed by atoms with Crippen LogP contribution in [0.25, 0.3) is 0 Å². The van der Waals surface area contributed by atoms with Crippen molar-refractivity contribution in [1.29, 1.82) is 0 Å². The molecule has 0 spiro atoms. The van der Waals surface area contributed by atoms with Crippen LogP contribution in [-0.4, -0.2) is 86.8 Å². The Morgan fingerprint density at radius 1 is 1.03 bits per heavy atom. The molecule has 2 heterocycles. The number of amides is 1. The van der Waals surface area contributed by atoms with Crippen LogP contribution in [0.1, 0.15) is 37.7 Å². The number of nitrogens with one attached hydrogen (secondary N) is 1. The van der Waals surface area contributed by atoms with Crippen molar-refractivity contribution in [2.45, 2.75) is 44.6 Å². The number of hydrogen-bond acceptors (Lipinski definition) is 5. The molecule has 0 unspecified atom stereocenters. The van der Waals surface area contributed by atoms with Crippen LogP contribution in [0.15, 0.2) is 24.3 Å². The summed E-state index contributed by atoms with van der Waals surface area (Å²) in [5.74, 6) is 0.178. The number of piperazine rings is 1. The van der Waals surface area contributed by atoms with Gasteiger partial charge in [0.15, 0.2) is 0 Å². The van der Waals surface area contributed by atoms with E-state index in [4.69, 9.17) is 4.74 Å². The van der Waals surface area contributed by atoms with Gasteiger partial charge in [-0.3, -0.25) is 14.6 Å². The third kappa shape index (κ3) is 5.34. The number of carbonyl (C=O) groups is 1. The number of anilines is 1. The molecule has 1 N–H and O–H groups in total. The second-order valence-electron chi connectivity index (χ2n) is 9.26. The lowest BCUT2D eigenvalue weighted by Crippen LogP contribution is -2.60. The SMILES string of the molecule is Cc1cccc(N2CCN(CC(=O)NCC3(N4CCOCC4)CCCCC3)CC2)c1. The molecule has 30 heavy (non-hydrogen) atoms. The molecule has 1 amide bonds. The Labute approximate surface area is 181 Å². The fourth-order valence-electron chi connectivity index (χ4n) is 5.36. The molecular weight excluding hydrogens is 376 g/mol. The van der Waals surface area contributed by atoms with Gasteiger partial charge in [0.2, 0.25) is 5.91 Å². The number of hydrogen-bond donors (Lipinski definition) is 1. The van der Waals surface area contributed by atoms with Gasteiger partial charge >= 0.3 is 0 Å². The average Bonchev–Trinajstić information content (AvgIpc) is 2.79. The molecule has 3 fully saturated rings. The third-order valence-electron chi connectivity index (χ3n) is 7.19. The summed E-state index contributed by atoms with van der Waals surface area (Å²) in [6.45, 7) is 10.9. The number of benzene rings is 1. The van der Waals surface area contributed by atoms with Gasteiger partial charge in [-0.1, -0.05) is 31.4 Å². The van der Waals surface area contributed by atoms with Crippen LogP contribution in [0.3, 0.4) is 0 Å². The molecule has 0 radical (unpaired) electrons. The molecule has 0 aromatic heterocycles. The second kappa shape index (κ2) is 10.1. The van der Waals surface area contributed by atoms with Crippen molar-refractivity contribution in [3.63, 3.8) is 0 Å². The number of carbonyl (C=O) groups excluding carboxylic acids is 1. The molecule has 166 valence electrons. The van der Waals surface area contributed by atoms with E-state index >= 15 is 0 Å². The zero-order valence-electron chi connectivity index (χ0n) is 18.6. The summed E-state index contributed by atoms with van der Waals surface area (Å²) in [4.78, 5) is 20.1. The first kappa shape index (κ1) is 21.6. The normalized spacial score (nSPS) is 23.3. The Balaban J connectivity index is 1.25. The highest BCUT2D eigenvalue weighted by Crippen LogP contribution is 2.33. The van der Waals surface area contributed by atoms with E-state index < -0.39 is 0 Å². The van der Waals surface area contributed by atoms with E-state index in [1.807, 2.05) is 0 Å². The maximum Gasteiger partial charge on any atom is 0.234 e. The van der Waals surface area contributed by atoms with E-state index in [0.717, 1.165) is 59.0 Å². The Kier molecular flexibility index (Phi) is 7.28. The van der Waals surface area contributed by atoms with E-state index in [9.17, 15) is 4.79 Å². The van der Waals surface area contributed by atoms with Crippen molar-refractivity contribution in [2.24, 2.45) is 0 Å². The number of aryl methyl sites for hydroxylation is 1. The number of morpholine rings is 1. The summed E-state index contributed by atoms with van der Waals surface area (Å²) in [6.07, 6.45) is 6.26. The molecule has 1 saturated carbocycles. The van der Waals surface area contributed by atoms with E-state index in [0.29, 0.717) is 6.54 Å². The van der Waals surface area contributed by atoms with Gasteiger partial charge in [-0.15, -0.1) is 0 Å². The summed E-state index contributed by atoms with van der Waals surface area (Å²) in [7, 11) is 0. The molecule has 6 heteroatoms. The zero-order valence-corrected chi connectivity index (χ0v) is 18.6. The van der Waals surface area contributed by atoms with Crippen molar-refractivity contribution >= 4 is 11.6 Å². The predicted octanol–water partition coefficient (Wildman–Crippen LogP) is 2.27. The van der Waals surface area contributed by atoms with Crippen LogP contribution in [0.2, 0.25) is 0 Å². The summed E-state index contributed by atoms with van der Waals surface area (Å²) in [5, 5.41) is 3.31. The molecule has 2 aliphatic heterocycles. The molecule has 4 rings (SSSR count). The topological polar surface area (TPSA) is 48.0 Å². The first-order valence-corrected chi connectivity index (χ1v) is 11.8. The van der Waals surface area contributed by atoms with Crippen molar-refractivity contribution in [2.75, 3.05) is 70.5 Å².